The highest BCUT2D eigenvalue weighted by molar-refractivity contribution is 7.99. The molecule has 6 heteroatoms. The van der Waals surface area contributed by atoms with E-state index in [-0.39, 0.29) is 0 Å². The predicted octanol–water partition coefficient (Wildman–Crippen LogP) is 3.92. The fraction of sp³-hybridized carbons (Fsp3) is 0.286. The molecular weight excluding hydrogens is 280 g/mol. The van der Waals surface area contributed by atoms with E-state index in [0.717, 1.165) is 29.9 Å². The first-order valence-electron chi connectivity index (χ1n) is 6.31. The lowest BCUT2D eigenvalue weighted by molar-refractivity contribution is 0.252. The Morgan fingerprint density at radius 1 is 1.15 bits per heavy atom. The van der Waals surface area contributed by atoms with Crippen molar-refractivity contribution in [1.29, 1.82) is 0 Å². The molecule has 0 unspecified atom stereocenters. The topological polar surface area (TPSA) is 51.8 Å². The van der Waals surface area contributed by atoms with E-state index in [1.54, 1.807) is 30.3 Å². The first-order valence-corrected chi connectivity index (χ1v) is 7.19. The fourth-order valence-corrected chi connectivity index (χ4v) is 2.46. The summed E-state index contributed by atoms with van der Waals surface area (Å²) in [7, 11) is 0. The van der Waals surface area contributed by atoms with E-state index in [1.807, 2.05) is 0 Å². The van der Waals surface area contributed by atoms with Crippen LogP contribution in [-0.2, 0) is 0 Å². The Morgan fingerprint density at radius 3 is 2.45 bits per heavy atom. The number of rotatable bonds is 4. The van der Waals surface area contributed by atoms with Gasteiger partial charge in [-0.1, -0.05) is 23.9 Å². The lowest BCUT2D eigenvalue weighted by atomic mass is 10.1. The number of hydrogen-bond acceptors (Lipinski definition) is 4. The maximum atomic E-state index is 12.3. The normalized spacial score (nSPS) is 14.8. The Balaban J connectivity index is 1.88. The Morgan fingerprint density at radius 2 is 1.85 bits per heavy atom. The van der Waals surface area contributed by atoms with E-state index in [9.17, 15) is 8.78 Å². The van der Waals surface area contributed by atoms with Crippen LogP contribution in [0.2, 0.25) is 0 Å². The summed E-state index contributed by atoms with van der Waals surface area (Å²) < 4.78 is 24.5. The number of benzene rings is 1. The van der Waals surface area contributed by atoms with Crippen LogP contribution in [0.5, 0.6) is 0 Å². The molecule has 0 saturated heterocycles. The van der Waals surface area contributed by atoms with Crippen molar-refractivity contribution in [3.05, 3.63) is 36.2 Å². The SMILES string of the molecule is Nc1cc(-c2ccc(SC(F)F)cc2)nc(C2CC2)n1. The molecular formula is C14H13F2N3S. The van der Waals surface area contributed by atoms with Crippen LogP contribution in [0.3, 0.4) is 0 Å². The highest BCUT2D eigenvalue weighted by Crippen LogP contribution is 2.39. The van der Waals surface area contributed by atoms with E-state index >= 15 is 0 Å². The average Bonchev–Trinajstić information content (AvgIpc) is 3.22. The molecule has 0 spiro atoms. The quantitative estimate of drug-likeness (QED) is 0.868. The second kappa shape index (κ2) is 5.36. The molecule has 1 heterocycles. The van der Waals surface area contributed by atoms with Crippen LogP contribution in [0.1, 0.15) is 24.6 Å². The van der Waals surface area contributed by atoms with Gasteiger partial charge in [0.05, 0.1) is 5.69 Å². The van der Waals surface area contributed by atoms with E-state index in [2.05, 4.69) is 9.97 Å². The van der Waals surface area contributed by atoms with Gasteiger partial charge in [-0.3, -0.25) is 0 Å². The van der Waals surface area contributed by atoms with Gasteiger partial charge in [0.25, 0.3) is 5.76 Å². The molecule has 104 valence electrons. The summed E-state index contributed by atoms with van der Waals surface area (Å²) in [5, 5.41) is 0. The van der Waals surface area contributed by atoms with Crippen molar-refractivity contribution in [3.63, 3.8) is 0 Å². The monoisotopic (exact) mass is 293 g/mol. The summed E-state index contributed by atoms with van der Waals surface area (Å²) in [6.07, 6.45) is 2.21. The molecule has 3 rings (SSSR count). The molecule has 1 aliphatic carbocycles. The molecule has 1 aromatic carbocycles. The van der Waals surface area contributed by atoms with Crippen LogP contribution < -0.4 is 5.73 Å². The third-order valence-electron chi connectivity index (χ3n) is 3.08. The third-order valence-corrected chi connectivity index (χ3v) is 3.80. The molecule has 0 aliphatic heterocycles. The predicted molar refractivity (Wildman–Crippen MR) is 75.7 cm³/mol. The van der Waals surface area contributed by atoms with Gasteiger partial charge in [-0.2, -0.15) is 8.78 Å². The number of nitrogens with zero attached hydrogens (tertiary/aromatic N) is 2. The molecule has 0 bridgehead atoms. The molecule has 2 aromatic rings. The second-order valence-electron chi connectivity index (χ2n) is 4.71. The molecule has 2 N–H and O–H groups in total. The van der Waals surface area contributed by atoms with Crippen LogP contribution in [0.15, 0.2) is 35.2 Å². The minimum Gasteiger partial charge on any atom is -0.384 e. The lowest BCUT2D eigenvalue weighted by Crippen LogP contribution is -2.00. The zero-order valence-electron chi connectivity index (χ0n) is 10.6. The molecule has 3 nitrogen and oxygen atoms in total. The summed E-state index contributed by atoms with van der Waals surface area (Å²) in [6, 6.07) is 8.61. The summed E-state index contributed by atoms with van der Waals surface area (Å²) >= 11 is 0.533. The van der Waals surface area contributed by atoms with E-state index in [1.165, 1.54) is 0 Å². The lowest BCUT2D eigenvalue weighted by Gasteiger charge is -2.06. The van der Waals surface area contributed by atoms with Crippen molar-refractivity contribution in [3.8, 4) is 11.3 Å². The Labute approximate surface area is 119 Å². The molecule has 1 aromatic heterocycles. The van der Waals surface area contributed by atoms with Gasteiger partial charge in [-0.15, -0.1) is 0 Å². The number of nitrogens with two attached hydrogens (primary N) is 1. The number of alkyl halides is 2. The van der Waals surface area contributed by atoms with Gasteiger partial charge < -0.3 is 5.73 Å². The Hall–Kier alpha value is -1.69. The van der Waals surface area contributed by atoms with Crippen LogP contribution in [0.4, 0.5) is 14.6 Å². The molecule has 20 heavy (non-hydrogen) atoms. The van der Waals surface area contributed by atoms with Crippen LogP contribution in [-0.4, -0.2) is 15.7 Å². The molecule has 0 atom stereocenters. The minimum absolute atomic E-state index is 0.422. The fourth-order valence-electron chi connectivity index (χ4n) is 1.96. The molecule has 0 radical (unpaired) electrons. The first kappa shape index (κ1) is 13.3. The van der Waals surface area contributed by atoms with E-state index in [0.29, 0.717) is 28.4 Å². The summed E-state index contributed by atoms with van der Waals surface area (Å²) in [5.41, 5.74) is 7.41. The largest absolute Gasteiger partial charge is 0.384 e. The maximum Gasteiger partial charge on any atom is 0.288 e. The summed E-state index contributed by atoms with van der Waals surface area (Å²) in [6.45, 7) is 0. The van der Waals surface area contributed by atoms with Gasteiger partial charge >= 0.3 is 0 Å². The van der Waals surface area contributed by atoms with Crippen molar-refractivity contribution in [2.24, 2.45) is 0 Å². The third kappa shape index (κ3) is 3.07. The smallest absolute Gasteiger partial charge is 0.288 e. The van der Waals surface area contributed by atoms with Crippen LogP contribution in [0, 0.1) is 0 Å². The highest BCUT2D eigenvalue weighted by atomic mass is 32.2. The van der Waals surface area contributed by atoms with Gasteiger partial charge in [-0.05, 0) is 25.0 Å². The Bertz CT molecular complexity index is 612. The van der Waals surface area contributed by atoms with Crippen molar-refractivity contribution in [2.75, 3.05) is 5.73 Å². The van der Waals surface area contributed by atoms with Gasteiger partial charge in [0, 0.05) is 22.4 Å². The van der Waals surface area contributed by atoms with Crippen LogP contribution in [0.25, 0.3) is 11.3 Å². The van der Waals surface area contributed by atoms with E-state index in [4.69, 9.17) is 5.73 Å². The standard InChI is InChI=1S/C14H13F2N3S/c15-14(16)20-10-5-3-8(4-6-10)11-7-12(17)19-13(18-11)9-1-2-9/h3-7,9,14H,1-2H2,(H2,17,18,19). The zero-order chi connectivity index (χ0) is 14.1. The number of anilines is 1. The second-order valence-corrected chi connectivity index (χ2v) is 5.78. The van der Waals surface area contributed by atoms with Crippen molar-refractivity contribution in [2.45, 2.75) is 29.4 Å². The molecule has 1 fully saturated rings. The Kier molecular flexibility index (Phi) is 3.56. The van der Waals surface area contributed by atoms with Gasteiger partial charge in [0.2, 0.25) is 0 Å². The number of aromatic nitrogens is 2. The van der Waals surface area contributed by atoms with Crippen molar-refractivity contribution >= 4 is 17.6 Å². The first-order chi connectivity index (χ1) is 9.61. The van der Waals surface area contributed by atoms with Crippen molar-refractivity contribution in [1.82, 2.24) is 9.97 Å². The van der Waals surface area contributed by atoms with E-state index < -0.39 is 5.76 Å². The average molecular weight is 293 g/mol. The number of thioether (sulfide) groups is 1. The number of hydrogen-bond donors (Lipinski definition) is 1. The zero-order valence-corrected chi connectivity index (χ0v) is 11.4. The minimum atomic E-state index is -2.41. The maximum absolute atomic E-state index is 12.3. The number of halogens is 2. The summed E-state index contributed by atoms with van der Waals surface area (Å²) in [5.74, 6) is -0.753. The van der Waals surface area contributed by atoms with Gasteiger partial charge in [0.15, 0.2) is 0 Å². The van der Waals surface area contributed by atoms with Crippen LogP contribution >= 0.6 is 11.8 Å². The number of nitrogen functional groups attached to an aromatic ring is 1. The van der Waals surface area contributed by atoms with Crippen molar-refractivity contribution < 1.29 is 8.78 Å². The molecule has 1 saturated carbocycles. The molecule has 0 amide bonds. The van der Waals surface area contributed by atoms with Gasteiger partial charge in [0.1, 0.15) is 11.6 Å². The molecule has 1 aliphatic rings. The van der Waals surface area contributed by atoms with Gasteiger partial charge in [-0.25, -0.2) is 9.97 Å². The highest BCUT2D eigenvalue weighted by Gasteiger charge is 2.27. The summed E-state index contributed by atoms with van der Waals surface area (Å²) in [4.78, 5) is 9.29.